The largest absolute Gasteiger partial charge is 0.497 e. The predicted octanol–water partition coefficient (Wildman–Crippen LogP) is 2.99. The molecule has 109 valence electrons. The SMILES string of the molecule is COc1ccc(-c2cc[c]cc2CN2CCOCC2)cc1. The van der Waals surface area contributed by atoms with Crippen LogP contribution in [0.4, 0.5) is 0 Å². The molecular formula is C18H20NO2. The van der Waals surface area contributed by atoms with E-state index in [2.05, 4.69) is 35.2 Å². The molecule has 0 aromatic heterocycles. The van der Waals surface area contributed by atoms with Gasteiger partial charge in [0.15, 0.2) is 0 Å². The van der Waals surface area contributed by atoms with E-state index in [4.69, 9.17) is 9.47 Å². The van der Waals surface area contributed by atoms with Crippen LogP contribution in [0, 0.1) is 6.07 Å². The third-order valence-corrected chi connectivity index (χ3v) is 3.85. The van der Waals surface area contributed by atoms with E-state index in [-0.39, 0.29) is 0 Å². The Labute approximate surface area is 126 Å². The first-order valence-electron chi connectivity index (χ1n) is 7.30. The monoisotopic (exact) mass is 282 g/mol. The van der Waals surface area contributed by atoms with Crippen LogP contribution in [0.15, 0.2) is 42.5 Å². The van der Waals surface area contributed by atoms with E-state index in [0.717, 1.165) is 38.6 Å². The van der Waals surface area contributed by atoms with E-state index in [1.54, 1.807) is 7.11 Å². The fourth-order valence-corrected chi connectivity index (χ4v) is 2.65. The number of hydrogen-bond acceptors (Lipinski definition) is 3. The average Bonchev–Trinajstić information content (AvgIpc) is 2.56. The third-order valence-electron chi connectivity index (χ3n) is 3.85. The van der Waals surface area contributed by atoms with Crippen molar-refractivity contribution in [3.63, 3.8) is 0 Å². The molecule has 2 aromatic rings. The minimum atomic E-state index is 0.828. The van der Waals surface area contributed by atoms with E-state index in [1.807, 2.05) is 18.2 Å². The van der Waals surface area contributed by atoms with Gasteiger partial charge in [-0.2, -0.15) is 0 Å². The van der Waals surface area contributed by atoms with Crippen LogP contribution in [-0.4, -0.2) is 38.3 Å². The Morgan fingerprint density at radius 1 is 1.14 bits per heavy atom. The standard InChI is InChI=1S/C18H20NO2/c1-20-17-8-6-15(7-9-17)18-5-3-2-4-16(18)14-19-10-12-21-13-11-19/h3-9H,10-14H2,1H3. The van der Waals surface area contributed by atoms with Gasteiger partial charge >= 0.3 is 0 Å². The van der Waals surface area contributed by atoms with Crippen molar-refractivity contribution in [2.24, 2.45) is 0 Å². The van der Waals surface area contributed by atoms with Crippen LogP contribution in [0.5, 0.6) is 5.75 Å². The van der Waals surface area contributed by atoms with Gasteiger partial charge in [0.25, 0.3) is 0 Å². The number of rotatable bonds is 4. The van der Waals surface area contributed by atoms with Crippen LogP contribution >= 0.6 is 0 Å². The predicted molar refractivity (Wildman–Crippen MR) is 83.4 cm³/mol. The van der Waals surface area contributed by atoms with Gasteiger partial charge in [-0.1, -0.05) is 24.3 Å². The van der Waals surface area contributed by atoms with Crippen molar-refractivity contribution in [2.75, 3.05) is 33.4 Å². The summed E-state index contributed by atoms with van der Waals surface area (Å²) in [7, 11) is 1.69. The van der Waals surface area contributed by atoms with Crippen LogP contribution < -0.4 is 4.74 Å². The fraction of sp³-hybridized carbons (Fsp3) is 0.333. The molecule has 2 aromatic carbocycles. The molecule has 0 bridgehead atoms. The molecule has 0 saturated carbocycles. The lowest BCUT2D eigenvalue weighted by molar-refractivity contribution is 0.0342. The Bertz CT molecular complexity index is 574. The molecule has 1 aliphatic rings. The highest BCUT2D eigenvalue weighted by molar-refractivity contribution is 5.67. The Kier molecular flexibility index (Phi) is 4.53. The summed E-state index contributed by atoms with van der Waals surface area (Å²) >= 11 is 0. The maximum absolute atomic E-state index is 5.41. The van der Waals surface area contributed by atoms with Crippen molar-refractivity contribution in [2.45, 2.75) is 6.54 Å². The summed E-state index contributed by atoms with van der Waals surface area (Å²) in [6.45, 7) is 4.60. The molecule has 1 heterocycles. The van der Waals surface area contributed by atoms with Crippen molar-refractivity contribution in [3.8, 4) is 16.9 Å². The molecule has 1 radical (unpaired) electrons. The zero-order chi connectivity index (χ0) is 14.5. The van der Waals surface area contributed by atoms with Crippen LogP contribution in [0.1, 0.15) is 5.56 Å². The molecule has 0 atom stereocenters. The molecule has 3 nitrogen and oxygen atoms in total. The van der Waals surface area contributed by atoms with E-state index < -0.39 is 0 Å². The summed E-state index contributed by atoms with van der Waals surface area (Å²) in [5.74, 6) is 0.885. The van der Waals surface area contributed by atoms with Gasteiger partial charge in [-0.15, -0.1) is 0 Å². The first-order chi connectivity index (χ1) is 10.4. The highest BCUT2D eigenvalue weighted by Crippen LogP contribution is 2.26. The van der Waals surface area contributed by atoms with Crippen LogP contribution in [-0.2, 0) is 11.3 Å². The molecule has 3 heteroatoms. The first-order valence-corrected chi connectivity index (χ1v) is 7.30. The quantitative estimate of drug-likeness (QED) is 0.860. The maximum Gasteiger partial charge on any atom is 0.118 e. The molecule has 0 N–H and O–H groups in total. The third kappa shape index (κ3) is 3.43. The fourth-order valence-electron chi connectivity index (χ4n) is 2.65. The maximum atomic E-state index is 5.41. The van der Waals surface area contributed by atoms with Crippen molar-refractivity contribution >= 4 is 0 Å². The number of methoxy groups -OCH3 is 1. The van der Waals surface area contributed by atoms with Crippen LogP contribution in [0.25, 0.3) is 11.1 Å². The highest BCUT2D eigenvalue weighted by atomic mass is 16.5. The number of morpholine rings is 1. The van der Waals surface area contributed by atoms with Gasteiger partial charge in [-0.3, -0.25) is 4.90 Å². The topological polar surface area (TPSA) is 21.7 Å². The summed E-state index contributed by atoms with van der Waals surface area (Å²) in [5.41, 5.74) is 3.79. The lowest BCUT2D eigenvalue weighted by Crippen LogP contribution is -2.35. The minimum Gasteiger partial charge on any atom is -0.497 e. The van der Waals surface area contributed by atoms with Gasteiger partial charge in [-0.25, -0.2) is 0 Å². The molecule has 1 aliphatic heterocycles. The summed E-state index contributed by atoms with van der Waals surface area (Å²) in [6, 6.07) is 17.6. The van der Waals surface area contributed by atoms with Gasteiger partial charge in [0.1, 0.15) is 5.75 Å². The lowest BCUT2D eigenvalue weighted by Gasteiger charge is -2.27. The van der Waals surface area contributed by atoms with Gasteiger partial charge in [0.2, 0.25) is 0 Å². The second-order valence-electron chi connectivity index (χ2n) is 5.20. The van der Waals surface area contributed by atoms with Crippen molar-refractivity contribution in [1.29, 1.82) is 0 Å². The second kappa shape index (κ2) is 6.74. The smallest absolute Gasteiger partial charge is 0.118 e. The molecule has 1 saturated heterocycles. The molecule has 0 aliphatic carbocycles. The molecule has 1 fully saturated rings. The minimum absolute atomic E-state index is 0.828. The number of hydrogen-bond donors (Lipinski definition) is 0. The summed E-state index contributed by atoms with van der Waals surface area (Å²) in [6.07, 6.45) is 0. The lowest BCUT2D eigenvalue weighted by atomic mass is 9.99. The molecule has 3 rings (SSSR count). The highest BCUT2D eigenvalue weighted by Gasteiger charge is 2.13. The van der Waals surface area contributed by atoms with E-state index in [0.29, 0.717) is 0 Å². The Hall–Kier alpha value is -1.84. The molecule has 21 heavy (non-hydrogen) atoms. The molecular weight excluding hydrogens is 262 g/mol. The van der Waals surface area contributed by atoms with Gasteiger partial charge in [-0.05, 0) is 41.0 Å². The Balaban J connectivity index is 1.83. The Morgan fingerprint density at radius 3 is 2.62 bits per heavy atom. The van der Waals surface area contributed by atoms with Crippen LogP contribution in [0.2, 0.25) is 0 Å². The van der Waals surface area contributed by atoms with Gasteiger partial charge in [0, 0.05) is 19.6 Å². The second-order valence-corrected chi connectivity index (χ2v) is 5.20. The Morgan fingerprint density at radius 2 is 1.90 bits per heavy atom. The zero-order valence-electron chi connectivity index (χ0n) is 12.3. The summed E-state index contributed by atoms with van der Waals surface area (Å²) in [4.78, 5) is 2.43. The number of ether oxygens (including phenoxy) is 2. The number of benzene rings is 2. The molecule has 0 spiro atoms. The van der Waals surface area contributed by atoms with Crippen molar-refractivity contribution < 1.29 is 9.47 Å². The van der Waals surface area contributed by atoms with Crippen LogP contribution in [0.3, 0.4) is 0 Å². The van der Waals surface area contributed by atoms with E-state index >= 15 is 0 Å². The average molecular weight is 282 g/mol. The first kappa shape index (κ1) is 14.1. The summed E-state index contributed by atoms with van der Waals surface area (Å²) in [5, 5.41) is 0. The number of nitrogens with zero attached hydrogens (tertiary/aromatic N) is 1. The van der Waals surface area contributed by atoms with E-state index in [1.165, 1.54) is 16.7 Å². The van der Waals surface area contributed by atoms with Crippen molar-refractivity contribution in [3.05, 3.63) is 54.1 Å². The molecule has 0 amide bonds. The molecule has 0 unspecified atom stereocenters. The van der Waals surface area contributed by atoms with E-state index in [9.17, 15) is 0 Å². The summed E-state index contributed by atoms with van der Waals surface area (Å²) < 4.78 is 10.6. The zero-order valence-corrected chi connectivity index (χ0v) is 12.3. The van der Waals surface area contributed by atoms with Crippen molar-refractivity contribution in [1.82, 2.24) is 4.90 Å². The van der Waals surface area contributed by atoms with Gasteiger partial charge < -0.3 is 9.47 Å². The van der Waals surface area contributed by atoms with Gasteiger partial charge in [0.05, 0.1) is 20.3 Å². The normalized spacial score (nSPS) is 15.9.